The minimum Gasteiger partial charge on any atom is -0.496 e. The molecule has 35 heavy (non-hydrogen) atoms. The topological polar surface area (TPSA) is 119 Å². The summed E-state index contributed by atoms with van der Waals surface area (Å²) in [6, 6.07) is 5.90. The number of aromatic nitrogens is 3. The molecule has 2 heterocycles. The number of hydrogen-bond acceptors (Lipinski definition) is 8. The number of ether oxygens (including phenoxy) is 1. The maximum Gasteiger partial charge on any atom is 0.227 e. The number of benzene rings is 1. The third-order valence-electron chi connectivity index (χ3n) is 6.22. The van der Waals surface area contributed by atoms with Crippen molar-refractivity contribution in [3.63, 3.8) is 0 Å². The van der Waals surface area contributed by atoms with E-state index < -0.39 is 5.54 Å². The number of rotatable bonds is 8. The van der Waals surface area contributed by atoms with Gasteiger partial charge in [-0.2, -0.15) is 4.98 Å². The van der Waals surface area contributed by atoms with Crippen LogP contribution in [0.25, 0.3) is 11.3 Å². The Hall–Kier alpha value is -3.27. The van der Waals surface area contributed by atoms with Gasteiger partial charge in [-0.15, -0.1) is 11.3 Å². The number of aryl methyl sites for hydroxylation is 2. The molecule has 1 saturated carbocycles. The standard InChI is InChI=1S/C25H31N5O4S/c1-16-8-9-20(33-3)18(14-16)19-15-35-24(26-19)27-21(32)10-11-22-28-23(30-34-22)25(29-17(2)31)12-6-4-5-7-13-25/h8-9,14-15H,4-7,10-13H2,1-3H3,(H,29,31)(H,26,27,32). The SMILES string of the molecule is COc1ccc(C)cc1-c1csc(NC(=O)CCc2nc(C3(NC(C)=O)CCCCCC3)no2)n1. The van der Waals surface area contributed by atoms with E-state index in [9.17, 15) is 9.59 Å². The van der Waals surface area contributed by atoms with E-state index in [0.717, 1.165) is 61.1 Å². The van der Waals surface area contributed by atoms with E-state index in [0.29, 0.717) is 23.3 Å². The molecule has 0 spiro atoms. The van der Waals surface area contributed by atoms with Crippen LogP contribution < -0.4 is 15.4 Å². The highest BCUT2D eigenvalue weighted by atomic mass is 32.1. The van der Waals surface area contributed by atoms with Crippen molar-refractivity contribution in [2.45, 2.75) is 70.8 Å². The number of carbonyl (C=O) groups is 2. The van der Waals surface area contributed by atoms with Gasteiger partial charge in [-0.1, -0.05) is 42.5 Å². The van der Waals surface area contributed by atoms with E-state index in [2.05, 4.69) is 25.8 Å². The van der Waals surface area contributed by atoms with Crippen LogP contribution in [0, 0.1) is 6.92 Å². The van der Waals surface area contributed by atoms with E-state index in [4.69, 9.17) is 9.26 Å². The molecule has 186 valence electrons. The Morgan fingerprint density at radius 1 is 1.17 bits per heavy atom. The van der Waals surface area contributed by atoms with Crippen molar-refractivity contribution in [3.05, 3.63) is 40.9 Å². The molecule has 0 atom stereocenters. The van der Waals surface area contributed by atoms with Crippen LogP contribution in [0.2, 0.25) is 0 Å². The number of anilines is 1. The molecular weight excluding hydrogens is 466 g/mol. The monoisotopic (exact) mass is 497 g/mol. The largest absolute Gasteiger partial charge is 0.496 e. The second-order valence-corrected chi connectivity index (χ2v) is 9.84. The van der Waals surface area contributed by atoms with Gasteiger partial charge in [-0.25, -0.2) is 4.98 Å². The van der Waals surface area contributed by atoms with Crippen molar-refractivity contribution in [1.29, 1.82) is 0 Å². The molecule has 0 bridgehead atoms. The number of amides is 2. The quantitative estimate of drug-likeness (QED) is 0.430. The number of methoxy groups -OCH3 is 1. The van der Waals surface area contributed by atoms with Gasteiger partial charge >= 0.3 is 0 Å². The molecule has 0 radical (unpaired) electrons. The Balaban J connectivity index is 1.38. The lowest BCUT2D eigenvalue weighted by Gasteiger charge is -2.30. The fourth-order valence-corrected chi connectivity index (χ4v) is 5.23. The van der Waals surface area contributed by atoms with Gasteiger partial charge in [-0.05, 0) is 31.9 Å². The third kappa shape index (κ3) is 6.05. The molecule has 1 aromatic carbocycles. The van der Waals surface area contributed by atoms with Crippen molar-refractivity contribution in [1.82, 2.24) is 20.4 Å². The lowest BCUT2D eigenvalue weighted by atomic mass is 9.89. The lowest BCUT2D eigenvalue weighted by molar-refractivity contribution is -0.121. The molecule has 2 amide bonds. The van der Waals surface area contributed by atoms with E-state index in [-0.39, 0.29) is 18.2 Å². The summed E-state index contributed by atoms with van der Waals surface area (Å²) >= 11 is 1.36. The Morgan fingerprint density at radius 2 is 1.94 bits per heavy atom. The predicted octanol–water partition coefficient (Wildman–Crippen LogP) is 4.77. The van der Waals surface area contributed by atoms with Crippen LogP contribution in [0.4, 0.5) is 5.13 Å². The first-order valence-corrected chi connectivity index (χ1v) is 12.8. The summed E-state index contributed by atoms with van der Waals surface area (Å²) < 4.78 is 10.9. The highest BCUT2D eigenvalue weighted by molar-refractivity contribution is 7.14. The smallest absolute Gasteiger partial charge is 0.227 e. The first-order chi connectivity index (χ1) is 16.9. The Labute approximate surface area is 208 Å². The molecule has 0 aliphatic heterocycles. The summed E-state index contributed by atoms with van der Waals surface area (Å²) in [6.45, 7) is 3.52. The van der Waals surface area contributed by atoms with E-state index >= 15 is 0 Å². The zero-order valence-corrected chi connectivity index (χ0v) is 21.2. The first-order valence-electron chi connectivity index (χ1n) is 11.9. The summed E-state index contributed by atoms with van der Waals surface area (Å²) in [5, 5.41) is 12.5. The Bertz CT molecular complexity index is 1180. The molecule has 1 aliphatic carbocycles. The van der Waals surface area contributed by atoms with Gasteiger partial charge in [0.1, 0.15) is 11.3 Å². The summed E-state index contributed by atoms with van der Waals surface area (Å²) in [4.78, 5) is 33.5. The van der Waals surface area contributed by atoms with Crippen LogP contribution in [0.15, 0.2) is 28.1 Å². The molecule has 0 unspecified atom stereocenters. The minimum absolute atomic E-state index is 0.108. The van der Waals surface area contributed by atoms with Crippen molar-refractivity contribution in [2.24, 2.45) is 0 Å². The van der Waals surface area contributed by atoms with Crippen LogP contribution in [0.1, 0.15) is 69.1 Å². The number of nitrogens with one attached hydrogen (secondary N) is 2. The predicted molar refractivity (Wildman–Crippen MR) is 133 cm³/mol. The van der Waals surface area contributed by atoms with Crippen LogP contribution >= 0.6 is 11.3 Å². The average molecular weight is 498 g/mol. The highest BCUT2D eigenvalue weighted by Gasteiger charge is 2.38. The zero-order chi connectivity index (χ0) is 24.8. The van der Waals surface area contributed by atoms with Crippen molar-refractivity contribution >= 4 is 28.3 Å². The normalized spacial score (nSPS) is 15.3. The second-order valence-electron chi connectivity index (χ2n) is 8.98. The molecule has 3 aromatic rings. The van der Waals surface area contributed by atoms with Crippen molar-refractivity contribution in [3.8, 4) is 17.0 Å². The molecule has 2 aromatic heterocycles. The van der Waals surface area contributed by atoms with Crippen LogP contribution in [0.5, 0.6) is 5.75 Å². The van der Waals surface area contributed by atoms with Gasteiger partial charge in [0.2, 0.25) is 17.7 Å². The van der Waals surface area contributed by atoms with Gasteiger partial charge < -0.3 is 19.9 Å². The van der Waals surface area contributed by atoms with Gasteiger partial charge in [0.05, 0.1) is 12.8 Å². The molecule has 9 nitrogen and oxygen atoms in total. The maximum atomic E-state index is 12.6. The van der Waals surface area contributed by atoms with E-state index in [1.165, 1.54) is 18.3 Å². The minimum atomic E-state index is -0.597. The molecule has 0 saturated heterocycles. The van der Waals surface area contributed by atoms with E-state index in [1.54, 1.807) is 7.11 Å². The van der Waals surface area contributed by atoms with E-state index in [1.807, 2.05) is 30.5 Å². The average Bonchev–Trinajstić information content (AvgIpc) is 3.44. The summed E-state index contributed by atoms with van der Waals surface area (Å²) in [5.41, 5.74) is 2.14. The molecule has 1 aliphatic rings. The first kappa shape index (κ1) is 24.8. The van der Waals surface area contributed by atoms with Crippen LogP contribution in [-0.2, 0) is 21.5 Å². The molecule has 4 rings (SSSR count). The lowest BCUT2D eigenvalue weighted by Crippen LogP contribution is -2.45. The fourth-order valence-electron chi connectivity index (χ4n) is 4.50. The maximum absolute atomic E-state index is 12.6. The molecule has 10 heteroatoms. The van der Waals surface area contributed by atoms with Gasteiger partial charge in [0, 0.05) is 30.7 Å². The number of nitrogens with zero attached hydrogens (tertiary/aromatic N) is 3. The van der Waals surface area contributed by atoms with Gasteiger partial charge in [-0.3, -0.25) is 9.59 Å². The van der Waals surface area contributed by atoms with Crippen molar-refractivity contribution in [2.75, 3.05) is 12.4 Å². The van der Waals surface area contributed by atoms with Gasteiger partial charge in [0.25, 0.3) is 0 Å². The summed E-state index contributed by atoms with van der Waals surface area (Å²) in [5.74, 6) is 1.32. The Morgan fingerprint density at radius 3 is 2.66 bits per heavy atom. The number of hydrogen-bond donors (Lipinski definition) is 2. The second kappa shape index (κ2) is 11.0. The van der Waals surface area contributed by atoms with Crippen LogP contribution in [0.3, 0.4) is 0 Å². The summed E-state index contributed by atoms with van der Waals surface area (Å²) in [7, 11) is 1.62. The number of thiazole rings is 1. The van der Waals surface area contributed by atoms with Crippen molar-refractivity contribution < 1.29 is 18.8 Å². The molecule has 2 N–H and O–H groups in total. The zero-order valence-electron chi connectivity index (χ0n) is 20.3. The fraction of sp³-hybridized carbons (Fsp3) is 0.480. The van der Waals surface area contributed by atoms with Gasteiger partial charge in [0.15, 0.2) is 11.0 Å². The summed E-state index contributed by atoms with van der Waals surface area (Å²) in [6.07, 6.45) is 6.29. The number of carbonyl (C=O) groups excluding carboxylic acids is 2. The highest BCUT2D eigenvalue weighted by Crippen LogP contribution is 2.35. The molecular formula is C25H31N5O4S. The third-order valence-corrected chi connectivity index (χ3v) is 6.97. The molecule has 1 fully saturated rings. The van der Waals surface area contributed by atoms with Crippen LogP contribution in [-0.4, -0.2) is 34.0 Å². The Kier molecular flexibility index (Phi) is 7.80.